The van der Waals surface area contributed by atoms with Crippen molar-refractivity contribution in [2.24, 2.45) is 5.73 Å². The standard InChI is InChI=1S/C23H22N6O4S2/c1-31-16-8-7-12(19(32-2)20(16)33-3)17-13(11-25)21(26)29(14-5-4-6-15(30)18(14)17)22-27-28-23(35-22)34-10-9-24/h7-8,17H,4-6,10,26H2,1-3H3. The number of nitrogens with zero attached hydrogens (tertiary/aromatic N) is 5. The normalized spacial score (nSPS) is 17.6. The van der Waals surface area contributed by atoms with Crippen molar-refractivity contribution in [3.8, 4) is 29.4 Å². The lowest BCUT2D eigenvalue weighted by Gasteiger charge is -2.38. The third kappa shape index (κ3) is 4.16. The Balaban J connectivity index is 1.94. The summed E-state index contributed by atoms with van der Waals surface area (Å²) in [6.45, 7) is 0. The third-order valence-corrected chi connectivity index (χ3v) is 7.71. The van der Waals surface area contributed by atoms with E-state index >= 15 is 0 Å². The fourth-order valence-corrected chi connectivity index (χ4v) is 5.95. The van der Waals surface area contributed by atoms with E-state index in [2.05, 4.69) is 22.3 Å². The largest absolute Gasteiger partial charge is 0.493 e. The van der Waals surface area contributed by atoms with Crippen molar-refractivity contribution in [1.29, 1.82) is 10.5 Å². The van der Waals surface area contributed by atoms with Gasteiger partial charge in [0.1, 0.15) is 5.82 Å². The van der Waals surface area contributed by atoms with E-state index in [9.17, 15) is 10.1 Å². The molecule has 12 heteroatoms. The second-order valence-corrected chi connectivity index (χ2v) is 9.72. The zero-order chi connectivity index (χ0) is 25.1. The summed E-state index contributed by atoms with van der Waals surface area (Å²) in [6, 6.07) is 7.76. The number of methoxy groups -OCH3 is 3. The maximum Gasteiger partial charge on any atom is 0.219 e. The fourth-order valence-electron chi connectivity index (χ4n) is 4.41. The first-order valence-electron chi connectivity index (χ1n) is 10.6. The molecular formula is C23H22N6O4S2. The van der Waals surface area contributed by atoms with Crippen LogP contribution < -0.4 is 24.8 Å². The molecule has 1 aromatic heterocycles. The van der Waals surface area contributed by atoms with Gasteiger partial charge in [0.15, 0.2) is 21.6 Å². The van der Waals surface area contributed by atoms with Crippen molar-refractivity contribution >= 4 is 34.0 Å². The molecule has 4 rings (SSSR count). The number of nitriles is 2. The smallest absolute Gasteiger partial charge is 0.219 e. The van der Waals surface area contributed by atoms with Gasteiger partial charge in [0.25, 0.3) is 0 Å². The number of hydrogen-bond acceptors (Lipinski definition) is 12. The van der Waals surface area contributed by atoms with E-state index in [4.69, 9.17) is 25.2 Å². The van der Waals surface area contributed by atoms with E-state index in [0.717, 1.165) is 0 Å². The molecule has 2 aliphatic rings. The number of anilines is 1. The van der Waals surface area contributed by atoms with Crippen LogP contribution in [0.1, 0.15) is 30.7 Å². The molecule has 0 radical (unpaired) electrons. The average Bonchev–Trinajstić information content (AvgIpc) is 3.34. The SMILES string of the molecule is COc1ccc(C2C(C#N)=C(N)N(c3nnc(SCC#N)s3)C3=C2C(=O)CCC3)c(OC)c1OC. The molecule has 0 saturated heterocycles. The number of thioether (sulfide) groups is 1. The Kier molecular flexibility index (Phi) is 7.15. The molecule has 0 fully saturated rings. The van der Waals surface area contributed by atoms with Crippen LogP contribution in [-0.2, 0) is 4.79 Å². The minimum absolute atomic E-state index is 0.0677. The molecule has 0 amide bonds. The number of allylic oxidation sites excluding steroid dienone is 3. The summed E-state index contributed by atoms with van der Waals surface area (Å²) in [5, 5.41) is 27.9. The third-order valence-electron chi connectivity index (χ3n) is 5.81. The Morgan fingerprint density at radius 1 is 1.17 bits per heavy atom. The lowest BCUT2D eigenvalue weighted by molar-refractivity contribution is -0.116. The van der Waals surface area contributed by atoms with Crippen LogP contribution in [0.3, 0.4) is 0 Å². The quantitative estimate of drug-likeness (QED) is 0.546. The van der Waals surface area contributed by atoms with Crippen LogP contribution in [-0.4, -0.2) is 43.1 Å². The zero-order valence-electron chi connectivity index (χ0n) is 19.3. The van der Waals surface area contributed by atoms with E-state index in [1.54, 1.807) is 17.0 Å². The number of carbonyl (C=O) groups is 1. The first-order chi connectivity index (χ1) is 17.0. The van der Waals surface area contributed by atoms with Crippen LogP contribution >= 0.6 is 23.1 Å². The molecule has 1 atom stereocenters. The minimum Gasteiger partial charge on any atom is -0.493 e. The second kappa shape index (κ2) is 10.3. The second-order valence-electron chi connectivity index (χ2n) is 7.54. The Bertz CT molecular complexity index is 1320. The average molecular weight is 511 g/mol. The molecule has 2 heterocycles. The fraction of sp³-hybridized carbons (Fsp3) is 0.348. The molecule has 2 aromatic rings. The van der Waals surface area contributed by atoms with E-state index in [0.29, 0.717) is 62.8 Å². The van der Waals surface area contributed by atoms with Crippen LogP contribution in [0.25, 0.3) is 0 Å². The number of nitrogens with two attached hydrogens (primary N) is 1. The molecule has 1 aliphatic carbocycles. The van der Waals surface area contributed by atoms with Crippen LogP contribution in [0.2, 0.25) is 0 Å². The van der Waals surface area contributed by atoms with Gasteiger partial charge in [-0.25, -0.2) is 0 Å². The number of carbonyl (C=O) groups excluding carboxylic acids is 1. The van der Waals surface area contributed by atoms with Gasteiger partial charge in [-0.05, 0) is 18.9 Å². The van der Waals surface area contributed by atoms with Gasteiger partial charge < -0.3 is 19.9 Å². The number of rotatable bonds is 7. The first-order valence-corrected chi connectivity index (χ1v) is 12.4. The predicted octanol–water partition coefficient (Wildman–Crippen LogP) is 3.48. The zero-order valence-corrected chi connectivity index (χ0v) is 21.0. The van der Waals surface area contributed by atoms with Crippen LogP contribution in [0.4, 0.5) is 5.13 Å². The summed E-state index contributed by atoms with van der Waals surface area (Å²) in [4.78, 5) is 15.0. The Morgan fingerprint density at radius 2 is 1.94 bits per heavy atom. The Labute approximate surface area is 210 Å². The number of benzene rings is 1. The summed E-state index contributed by atoms with van der Waals surface area (Å²) in [5.41, 5.74) is 8.54. The van der Waals surface area contributed by atoms with Crippen molar-refractivity contribution in [3.05, 3.63) is 40.4 Å². The number of hydrogen-bond donors (Lipinski definition) is 1. The van der Waals surface area contributed by atoms with Gasteiger partial charge in [0.2, 0.25) is 10.9 Å². The van der Waals surface area contributed by atoms with Gasteiger partial charge >= 0.3 is 0 Å². The molecule has 2 N–H and O–H groups in total. The molecule has 180 valence electrons. The lowest BCUT2D eigenvalue weighted by Crippen LogP contribution is -2.38. The summed E-state index contributed by atoms with van der Waals surface area (Å²) in [7, 11) is 4.51. The van der Waals surface area contributed by atoms with Gasteiger partial charge in [-0.15, -0.1) is 10.2 Å². The highest BCUT2D eigenvalue weighted by molar-refractivity contribution is 8.01. The highest BCUT2D eigenvalue weighted by Crippen LogP contribution is 2.52. The molecular weight excluding hydrogens is 488 g/mol. The maximum absolute atomic E-state index is 13.4. The number of ketones is 1. The molecule has 35 heavy (non-hydrogen) atoms. The monoisotopic (exact) mass is 510 g/mol. The molecule has 10 nitrogen and oxygen atoms in total. The van der Waals surface area contributed by atoms with Crippen molar-refractivity contribution < 1.29 is 19.0 Å². The van der Waals surface area contributed by atoms with Crippen LogP contribution in [0.5, 0.6) is 17.2 Å². The Morgan fingerprint density at radius 3 is 2.60 bits per heavy atom. The first kappa shape index (κ1) is 24.4. The van der Waals surface area contributed by atoms with Gasteiger partial charge in [-0.3, -0.25) is 9.69 Å². The molecule has 1 aliphatic heterocycles. The molecule has 0 saturated carbocycles. The number of aromatic nitrogens is 2. The van der Waals surface area contributed by atoms with Crippen molar-refractivity contribution in [3.63, 3.8) is 0 Å². The highest BCUT2D eigenvalue weighted by atomic mass is 32.2. The number of ether oxygens (including phenoxy) is 3. The summed E-state index contributed by atoms with van der Waals surface area (Å²) >= 11 is 2.52. The van der Waals surface area contributed by atoms with E-state index in [1.807, 2.05) is 0 Å². The summed E-state index contributed by atoms with van der Waals surface area (Å²) < 4.78 is 17.2. The predicted molar refractivity (Wildman–Crippen MR) is 130 cm³/mol. The topological polar surface area (TPSA) is 147 Å². The van der Waals surface area contributed by atoms with E-state index < -0.39 is 5.92 Å². The highest BCUT2D eigenvalue weighted by Gasteiger charge is 2.43. The molecule has 1 aromatic carbocycles. The van der Waals surface area contributed by atoms with Crippen molar-refractivity contribution in [2.75, 3.05) is 32.0 Å². The van der Waals surface area contributed by atoms with Crippen molar-refractivity contribution in [2.45, 2.75) is 29.5 Å². The van der Waals surface area contributed by atoms with E-state index in [1.165, 1.54) is 44.4 Å². The maximum atomic E-state index is 13.4. The van der Waals surface area contributed by atoms with Gasteiger partial charge in [0, 0.05) is 23.3 Å². The van der Waals surface area contributed by atoms with Crippen molar-refractivity contribution in [1.82, 2.24) is 10.2 Å². The molecule has 0 spiro atoms. The lowest BCUT2D eigenvalue weighted by atomic mass is 9.75. The number of Topliss-reactive ketones (excluding diaryl/α,β-unsaturated/α-hetero) is 1. The van der Waals surface area contributed by atoms with Crippen LogP contribution in [0.15, 0.2) is 39.1 Å². The molecule has 0 bridgehead atoms. The van der Waals surface area contributed by atoms with Gasteiger partial charge in [-0.1, -0.05) is 29.2 Å². The van der Waals surface area contributed by atoms with Gasteiger partial charge in [0.05, 0.1) is 50.7 Å². The minimum atomic E-state index is -0.742. The summed E-state index contributed by atoms with van der Waals surface area (Å²) in [5.74, 6) is 0.784. The molecule has 1 unspecified atom stereocenters. The Hall–Kier alpha value is -3.74. The van der Waals surface area contributed by atoms with Gasteiger partial charge in [-0.2, -0.15) is 10.5 Å². The summed E-state index contributed by atoms with van der Waals surface area (Å²) in [6.07, 6.45) is 1.58. The van der Waals surface area contributed by atoms with E-state index in [-0.39, 0.29) is 22.9 Å². The van der Waals surface area contributed by atoms with Crippen LogP contribution in [0, 0.1) is 22.7 Å².